The Kier molecular flexibility index (Phi) is 7.01. The average Bonchev–Trinajstić information content (AvgIpc) is 2.84. The lowest BCUT2D eigenvalue weighted by Crippen LogP contribution is -2.48. The van der Waals surface area contributed by atoms with Crippen molar-refractivity contribution in [1.29, 1.82) is 0 Å². The molecule has 1 aromatic heterocycles. The number of nitrogens with zero attached hydrogens (tertiary/aromatic N) is 2. The van der Waals surface area contributed by atoms with Crippen LogP contribution in [0.3, 0.4) is 0 Å². The molecule has 3 aromatic rings. The topological polar surface area (TPSA) is 59.2 Å². The maximum atomic E-state index is 12.6. The van der Waals surface area contributed by atoms with Crippen molar-refractivity contribution in [2.24, 2.45) is 11.1 Å². The first-order valence-electron chi connectivity index (χ1n) is 11.6. The van der Waals surface area contributed by atoms with Gasteiger partial charge in [0.05, 0.1) is 5.41 Å². The van der Waals surface area contributed by atoms with Crippen LogP contribution in [0.5, 0.6) is 0 Å². The van der Waals surface area contributed by atoms with E-state index in [1.807, 2.05) is 12.1 Å². The number of primary amides is 1. The quantitative estimate of drug-likeness (QED) is 0.547. The number of benzene rings is 2. The van der Waals surface area contributed by atoms with Gasteiger partial charge in [0.15, 0.2) is 0 Å². The molecule has 2 heterocycles. The van der Waals surface area contributed by atoms with Crippen LogP contribution in [0.1, 0.15) is 43.2 Å². The number of piperidine rings is 1. The molecule has 0 saturated carbocycles. The summed E-state index contributed by atoms with van der Waals surface area (Å²) in [5.74, 6) is 0.374. The van der Waals surface area contributed by atoms with Gasteiger partial charge in [-0.1, -0.05) is 61.5 Å². The van der Waals surface area contributed by atoms with Crippen molar-refractivity contribution < 1.29 is 4.79 Å². The van der Waals surface area contributed by atoms with E-state index in [-0.39, 0.29) is 5.91 Å². The van der Waals surface area contributed by atoms with Crippen LogP contribution in [0.4, 0.5) is 0 Å². The van der Waals surface area contributed by atoms with E-state index in [1.54, 1.807) is 12.4 Å². The van der Waals surface area contributed by atoms with Crippen molar-refractivity contribution in [2.75, 3.05) is 19.6 Å². The summed E-state index contributed by atoms with van der Waals surface area (Å²) in [5, 5.41) is 0. The minimum absolute atomic E-state index is 0.163. The largest absolute Gasteiger partial charge is 0.369 e. The van der Waals surface area contributed by atoms with Gasteiger partial charge in [-0.05, 0) is 85.6 Å². The molecule has 0 bridgehead atoms. The zero-order chi connectivity index (χ0) is 22.4. The lowest BCUT2D eigenvalue weighted by atomic mass is 9.73. The number of amides is 1. The van der Waals surface area contributed by atoms with Gasteiger partial charge >= 0.3 is 0 Å². The molecule has 1 atom stereocenters. The highest BCUT2D eigenvalue weighted by atomic mass is 16.1. The van der Waals surface area contributed by atoms with Gasteiger partial charge in [-0.25, -0.2) is 0 Å². The molecule has 1 aliphatic rings. The molecule has 1 fully saturated rings. The number of likely N-dealkylation sites (tertiary alicyclic amines) is 1. The van der Waals surface area contributed by atoms with Crippen molar-refractivity contribution in [3.8, 4) is 11.1 Å². The molecule has 4 heteroatoms. The van der Waals surface area contributed by atoms with Crippen molar-refractivity contribution in [2.45, 2.75) is 38.5 Å². The van der Waals surface area contributed by atoms with E-state index in [1.165, 1.54) is 11.1 Å². The molecule has 4 nitrogen and oxygen atoms in total. The Labute approximate surface area is 191 Å². The van der Waals surface area contributed by atoms with Crippen LogP contribution in [0.2, 0.25) is 0 Å². The van der Waals surface area contributed by atoms with Gasteiger partial charge < -0.3 is 10.6 Å². The summed E-state index contributed by atoms with van der Waals surface area (Å²) in [6.07, 6.45) is 7.09. The van der Waals surface area contributed by atoms with Crippen LogP contribution in [0, 0.1) is 5.41 Å². The Morgan fingerprint density at radius 1 is 1.00 bits per heavy atom. The van der Waals surface area contributed by atoms with Gasteiger partial charge in [0.25, 0.3) is 0 Å². The summed E-state index contributed by atoms with van der Waals surface area (Å²) in [6.45, 7) is 5.20. The molecule has 1 saturated heterocycles. The fourth-order valence-electron chi connectivity index (χ4n) is 4.84. The third kappa shape index (κ3) is 5.25. The predicted molar refractivity (Wildman–Crippen MR) is 130 cm³/mol. The van der Waals surface area contributed by atoms with Gasteiger partial charge in [-0.2, -0.15) is 0 Å². The van der Waals surface area contributed by atoms with Crippen LogP contribution >= 0.6 is 0 Å². The zero-order valence-corrected chi connectivity index (χ0v) is 18.9. The second kappa shape index (κ2) is 10.1. The summed E-state index contributed by atoms with van der Waals surface area (Å²) in [4.78, 5) is 19.2. The van der Waals surface area contributed by atoms with Gasteiger partial charge in [-0.15, -0.1) is 0 Å². The second-order valence-electron chi connectivity index (χ2n) is 9.20. The maximum absolute atomic E-state index is 12.6. The maximum Gasteiger partial charge on any atom is 0.224 e. The number of carbonyl (C=O) groups excluding carboxylic acids is 1. The highest BCUT2D eigenvalue weighted by Gasteiger charge is 2.39. The second-order valence-corrected chi connectivity index (χ2v) is 9.20. The van der Waals surface area contributed by atoms with Gasteiger partial charge in [-0.3, -0.25) is 9.78 Å². The number of nitrogens with two attached hydrogens (primary N) is 1. The Morgan fingerprint density at radius 3 is 2.41 bits per heavy atom. The molecule has 166 valence electrons. The van der Waals surface area contributed by atoms with Crippen molar-refractivity contribution in [3.63, 3.8) is 0 Å². The molecule has 0 spiro atoms. The summed E-state index contributed by atoms with van der Waals surface area (Å²) in [6, 6.07) is 23.2. The van der Waals surface area contributed by atoms with Crippen molar-refractivity contribution in [3.05, 3.63) is 90.3 Å². The van der Waals surface area contributed by atoms with Crippen LogP contribution in [-0.2, 0) is 11.2 Å². The third-order valence-corrected chi connectivity index (χ3v) is 7.07. The van der Waals surface area contributed by atoms with Crippen LogP contribution < -0.4 is 5.73 Å². The lowest BCUT2D eigenvalue weighted by Gasteiger charge is -2.40. The molecular formula is C28H33N3O. The summed E-state index contributed by atoms with van der Waals surface area (Å²) in [7, 11) is 0. The number of carbonyl (C=O) groups is 1. The Morgan fingerprint density at radius 2 is 1.72 bits per heavy atom. The molecule has 2 aromatic carbocycles. The number of hydrogen-bond donors (Lipinski definition) is 1. The Bertz CT molecular complexity index is 1010. The molecule has 0 radical (unpaired) electrons. The first-order valence-corrected chi connectivity index (χ1v) is 11.6. The Hall–Kier alpha value is -2.98. The summed E-state index contributed by atoms with van der Waals surface area (Å²) < 4.78 is 0. The number of rotatable bonds is 8. The first-order chi connectivity index (χ1) is 15.6. The fourth-order valence-corrected chi connectivity index (χ4v) is 4.84. The lowest BCUT2D eigenvalue weighted by molar-refractivity contribution is -0.130. The number of aromatic nitrogens is 1. The monoisotopic (exact) mass is 427 g/mol. The van der Waals surface area contributed by atoms with Gasteiger partial charge in [0, 0.05) is 12.4 Å². The van der Waals surface area contributed by atoms with Crippen LogP contribution in [0.15, 0.2) is 79.1 Å². The SMILES string of the molecule is C[C@H](CCN1CCC(Cc2cccc(-c3ccncc3)c2)(C(N)=O)CC1)c1ccccc1. The normalized spacial score (nSPS) is 17.0. The minimum atomic E-state index is -0.460. The van der Waals surface area contributed by atoms with Gasteiger partial charge in [0.2, 0.25) is 5.91 Å². The smallest absolute Gasteiger partial charge is 0.224 e. The average molecular weight is 428 g/mol. The third-order valence-electron chi connectivity index (χ3n) is 7.07. The molecule has 1 aliphatic heterocycles. The molecule has 1 amide bonds. The van der Waals surface area contributed by atoms with Crippen LogP contribution in [0.25, 0.3) is 11.1 Å². The first kappa shape index (κ1) is 22.2. The molecule has 2 N–H and O–H groups in total. The zero-order valence-electron chi connectivity index (χ0n) is 18.9. The van der Waals surface area contributed by atoms with E-state index in [2.05, 4.69) is 71.4 Å². The molecule has 0 aliphatic carbocycles. The standard InChI is InChI=1S/C28H33N3O/c1-22(24-7-3-2-4-8-24)12-17-31-18-13-28(14-19-31,27(29)32)21-23-6-5-9-26(20-23)25-10-15-30-16-11-25/h2-11,15-16,20,22H,12-14,17-19,21H2,1H3,(H2,29,32)/t22-/m1/s1. The minimum Gasteiger partial charge on any atom is -0.369 e. The molecule has 32 heavy (non-hydrogen) atoms. The Balaban J connectivity index is 1.38. The van der Waals surface area contributed by atoms with Crippen molar-refractivity contribution in [1.82, 2.24) is 9.88 Å². The predicted octanol–water partition coefficient (Wildman–Crippen LogP) is 5.05. The fraction of sp³-hybridized carbons (Fsp3) is 0.357. The van der Waals surface area contributed by atoms with E-state index in [0.29, 0.717) is 12.3 Å². The highest BCUT2D eigenvalue weighted by molar-refractivity contribution is 5.81. The highest BCUT2D eigenvalue weighted by Crippen LogP contribution is 2.36. The van der Waals surface area contributed by atoms with E-state index in [0.717, 1.165) is 50.0 Å². The molecule has 4 rings (SSSR count). The number of pyridine rings is 1. The molecular weight excluding hydrogens is 394 g/mol. The number of hydrogen-bond acceptors (Lipinski definition) is 3. The molecule has 0 unspecified atom stereocenters. The van der Waals surface area contributed by atoms with E-state index < -0.39 is 5.41 Å². The summed E-state index contributed by atoms with van der Waals surface area (Å²) in [5.41, 5.74) is 10.4. The van der Waals surface area contributed by atoms with E-state index in [4.69, 9.17) is 5.73 Å². The van der Waals surface area contributed by atoms with Gasteiger partial charge in [0.1, 0.15) is 0 Å². The van der Waals surface area contributed by atoms with E-state index in [9.17, 15) is 4.79 Å². The van der Waals surface area contributed by atoms with Crippen molar-refractivity contribution >= 4 is 5.91 Å². The van der Waals surface area contributed by atoms with E-state index >= 15 is 0 Å². The summed E-state index contributed by atoms with van der Waals surface area (Å²) >= 11 is 0. The van der Waals surface area contributed by atoms with Crippen LogP contribution in [-0.4, -0.2) is 35.4 Å².